The van der Waals surface area contributed by atoms with E-state index in [1.54, 1.807) is 29.1 Å². The minimum Gasteiger partial charge on any atom is -0.492 e. The van der Waals surface area contributed by atoms with Crippen molar-refractivity contribution in [3.63, 3.8) is 0 Å². The summed E-state index contributed by atoms with van der Waals surface area (Å²) in [5.74, 6) is 0.132. The lowest BCUT2D eigenvalue weighted by molar-refractivity contribution is -0.115. The van der Waals surface area contributed by atoms with Crippen molar-refractivity contribution in [2.75, 3.05) is 11.9 Å². The molecular weight excluding hydrogens is 417 g/mol. The van der Waals surface area contributed by atoms with Crippen LogP contribution >= 0.6 is 11.8 Å². The normalized spacial score (nSPS) is 12.0. The molecule has 0 saturated carbocycles. The summed E-state index contributed by atoms with van der Waals surface area (Å²) in [6.45, 7) is 4.21. The van der Waals surface area contributed by atoms with Gasteiger partial charge in [-0.15, -0.1) is 0 Å². The van der Waals surface area contributed by atoms with Gasteiger partial charge < -0.3 is 10.1 Å². The number of fused-ring (bicyclic) bond motifs is 1. The SMILES string of the molecule is CCOc1ccccc1NC(=O)C(C)Sc1ncnc2c1cnn2-c1ccc(F)cc1. The molecule has 0 saturated heterocycles. The maximum atomic E-state index is 13.2. The third-order valence-electron chi connectivity index (χ3n) is 4.50. The monoisotopic (exact) mass is 437 g/mol. The van der Waals surface area contributed by atoms with Crippen LogP contribution in [0.15, 0.2) is 66.1 Å². The van der Waals surface area contributed by atoms with Crippen LogP contribution in [-0.2, 0) is 4.79 Å². The number of carbonyl (C=O) groups is 1. The summed E-state index contributed by atoms with van der Waals surface area (Å²) in [5.41, 5.74) is 1.89. The van der Waals surface area contributed by atoms with Crippen molar-refractivity contribution in [2.24, 2.45) is 0 Å². The molecule has 1 unspecified atom stereocenters. The van der Waals surface area contributed by atoms with Crippen LogP contribution in [-0.4, -0.2) is 37.5 Å². The van der Waals surface area contributed by atoms with Crippen LogP contribution in [0.4, 0.5) is 10.1 Å². The number of anilines is 1. The number of hydrogen-bond donors (Lipinski definition) is 1. The van der Waals surface area contributed by atoms with E-state index in [1.807, 2.05) is 32.0 Å². The Bertz CT molecular complexity index is 1210. The van der Waals surface area contributed by atoms with Gasteiger partial charge in [-0.05, 0) is 50.2 Å². The zero-order chi connectivity index (χ0) is 21.8. The highest BCUT2D eigenvalue weighted by atomic mass is 32.2. The number of carbonyl (C=O) groups excluding carboxylic acids is 1. The lowest BCUT2D eigenvalue weighted by atomic mass is 10.3. The summed E-state index contributed by atoms with van der Waals surface area (Å²) in [4.78, 5) is 21.4. The van der Waals surface area contributed by atoms with Crippen molar-refractivity contribution in [3.05, 3.63) is 66.9 Å². The van der Waals surface area contributed by atoms with Crippen molar-refractivity contribution >= 4 is 34.4 Å². The number of halogens is 1. The van der Waals surface area contributed by atoms with Crippen molar-refractivity contribution in [2.45, 2.75) is 24.1 Å². The predicted molar refractivity (Wildman–Crippen MR) is 118 cm³/mol. The fourth-order valence-corrected chi connectivity index (χ4v) is 3.87. The topological polar surface area (TPSA) is 81.9 Å². The highest BCUT2D eigenvalue weighted by Crippen LogP contribution is 2.30. The lowest BCUT2D eigenvalue weighted by Crippen LogP contribution is -2.23. The van der Waals surface area contributed by atoms with Crippen LogP contribution in [0.1, 0.15) is 13.8 Å². The van der Waals surface area contributed by atoms with Crippen molar-refractivity contribution < 1.29 is 13.9 Å². The average Bonchev–Trinajstić information content (AvgIpc) is 3.21. The molecule has 0 spiro atoms. The Morgan fingerprint density at radius 1 is 1.19 bits per heavy atom. The molecule has 4 rings (SSSR count). The predicted octanol–water partition coefficient (Wildman–Crippen LogP) is 4.47. The second-order valence-corrected chi connectivity index (χ2v) is 7.96. The molecule has 2 aromatic carbocycles. The highest BCUT2D eigenvalue weighted by Gasteiger charge is 2.20. The molecule has 31 heavy (non-hydrogen) atoms. The van der Waals surface area contributed by atoms with E-state index in [0.717, 1.165) is 0 Å². The molecule has 2 heterocycles. The van der Waals surface area contributed by atoms with Crippen LogP contribution in [0.5, 0.6) is 5.75 Å². The number of rotatable bonds is 7. The van der Waals surface area contributed by atoms with Crippen LogP contribution < -0.4 is 10.1 Å². The zero-order valence-electron chi connectivity index (χ0n) is 16.9. The van der Waals surface area contributed by atoms with Gasteiger partial charge in [0.2, 0.25) is 5.91 Å². The first-order valence-corrected chi connectivity index (χ1v) is 10.6. The van der Waals surface area contributed by atoms with Crippen LogP contribution in [0.3, 0.4) is 0 Å². The largest absolute Gasteiger partial charge is 0.492 e. The Morgan fingerprint density at radius 2 is 1.97 bits per heavy atom. The molecule has 0 aliphatic rings. The summed E-state index contributed by atoms with van der Waals surface area (Å²) in [5, 5.41) is 8.21. The minimum atomic E-state index is -0.429. The van der Waals surface area contributed by atoms with Gasteiger partial charge >= 0.3 is 0 Å². The molecule has 0 aliphatic carbocycles. The molecule has 2 aromatic heterocycles. The average molecular weight is 438 g/mol. The lowest BCUT2D eigenvalue weighted by Gasteiger charge is -2.14. The summed E-state index contributed by atoms with van der Waals surface area (Å²) < 4.78 is 20.4. The maximum Gasteiger partial charge on any atom is 0.237 e. The number of aromatic nitrogens is 4. The Labute approximate surface area is 182 Å². The van der Waals surface area contributed by atoms with E-state index in [1.165, 1.54) is 30.2 Å². The standard InChI is InChI=1S/C22H20FN5O2S/c1-3-30-19-7-5-4-6-18(19)27-21(29)14(2)31-22-17-12-26-28(20(17)24-13-25-22)16-10-8-15(23)9-11-16/h4-14H,3H2,1-2H3,(H,27,29). The molecule has 7 nitrogen and oxygen atoms in total. The minimum absolute atomic E-state index is 0.171. The molecule has 158 valence electrons. The fourth-order valence-electron chi connectivity index (χ4n) is 2.99. The Balaban J connectivity index is 1.54. The van der Waals surface area contributed by atoms with E-state index in [9.17, 15) is 9.18 Å². The number of amides is 1. The van der Waals surface area contributed by atoms with Crippen LogP contribution in [0.2, 0.25) is 0 Å². The second kappa shape index (κ2) is 9.13. The van der Waals surface area contributed by atoms with Gasteiger partial charge in [0.25, 0.3) is 0 Å². The summed E-state index contributed by atoms with van der Waals surface area (Å²) in [7, 11) is 0. The first-order valence-electron chi connectivity index (χ1n) is 9.71. The Morgan fingerprint density at radius 3 is 2.74 bits per heavy atom. The van der Waals surface area contributed by atoms with E-state index in [-0.39, 0.29) is 11.7 Å². The number of nitrogens with one attached hydrogen (secondary N) is 1. The van der Waals surface area contributed by atoms with Gasteiger partial charge in [0.05, 0.1) is 34.8 Å². The van der Waals surface area contributed by atoms with E-state index in [4.69, 9.17) is 4.74 Å². The molecule has 0 radical (unpaired) electrons. The summed E-state index contributed by atoms with van der Waals surface area (Å²) >= 11 is 1.31. The first-order chi connectivity index (χ1) is 15.1. The van der Waals surface area contributed by atoms with Gasteiger partial charge in [-0.1, -0.05) is 23.9 Å². The van der Waals surface area contributed by atoms with Gasteiger partial charge in [0, 0.05) is 0 Å². The van der Waals surface area contributed by atoms with E-state index in [2.05, 4.69) is 20.4 Å². The van der Waals surface area contributed by atoms with Crippen molar-refractivity contribution in [1.29, 1.82) is 0 Å². The maximum absolute atomic E-state index is 13.2. The number of benzene rings is 2. The molecule has 9 heteroatoms. The van der Waals surface area contributed by atoms with Gasteiger partial charge in [0.15, 0.2) is 5.65 Å². The summed E-state index contributed by atoms with van der Waals surface area (Å²) in [6.07, 6.45) is 3.08. The van der Waals surface area contributed by atoms with Gasteiger partial charge in [-0.2, -0.15) is 5.10 Å². The Kier molecular flexibility index (Phi) is 6.13. The van der Waals surface area contributed by atoms with Gasteiger partial charge in [0.1, 0.15) is 22.9 Å². The summed E-state index contributed by atoms with van der Waals surface area (Å²) in [6, 6.07) is 13.3. The number of para-hydroxylation sites is 2. The number of ether oxygens (including phenoxy) is 1. The smallest absolute Gasteiger partial charge is 0.237 e. The molecular formula is C22H20FN5O2S. The number of hydrogen-bond acceptors (Lipinski definition) is 6. The molecule has 1 atom stereocenters. The molecule has 0 fully saturated rings. The van der Waals surface area contributed by atoms with Crippen LogP contribution in [0, 0.1) is 5.82 Å². The van der Waals surface area contributed by atoms with E-state index in [0.29, 0.717) is 39.8 Å². The molecule has 1 N–H and O–H groups in total. The quantitative estimate of drug-likeness (QED) is 0.339. The van der Waals surface area contributed by atoms with Gasteiger partial charge in [-0.25, -0.2) is 19.0 Å². The number of thioether (sulfide) groups is 1. The first kappa shape index (κ1) is 20.8. The molecule has 0 aliphatic heterocycles. The molecule has 4 aromatic rings. The second-order valence-electron chi connectivity index (χ2n) is 6.63. The zero-order valence-corrected chi connectivity index (χ0v) is 17.8. The molecule has 1 amide bonds. The Hall–Kier alpha value is -3.46. The fraction of sp³-hybridized carbons (Fsp3) is 0.182. The highest BCUT2D eigenvalue weighted by molar-refractivity contribution is 8.00. The van der Waals surface area contributed by atoms with E-state index >= 15 is 0 Å². The van der Waals surface area contributed by atoms with E-state index < -0.39 is 5.25 Å². The third-order valence-corrected chi connectivity index (χ3v) is 5.62. The van der Waals surface area contributed by atoms with Crippen LogP contribution in [0.25, 0.3) is 16.7 Å². The molecule has 0 bridgehead atoms. The third kappa shape index (κ3) is 4.51. The van der Waals surface area contributed by atoms with Crippen molar-refractivity contribution in [1.82, 2.24) is 19.7 Å². The number of nitrogens with zero attached hydrogens (tertiary/aromatic N) is 4. The van der Waals surface area contributed by atoms with Gasteiger partial charge in [-0.3, -0.25) is 4.79 Å². The van der Waals surface area contributed by atoms with Crippen molar-refractivity contribution in [3.8, 4) is 11.4 Å².